The van der Waals surface area contributed by atoms with Gasteiger partial charge < -0.3 is 10.4 Å². The van der Waals surface area contributed by atoms with Gasteiger partial charge in [0.2, 0.25) is 0 Å². The molecule has 6 heteroatoms. The first-order chi connectivity index (χ1) is 8.65. The third kappa shape index (κ3) is 5.25. The van der Waals surface area contributed by atoms with Crippen LogP contribution in [0.4, 0.5) is 4.39 Å². The topological polar surface area (TPSA) is 49.3 Å². The first-order valence-electron chi connectivity index (χ1n) is 5.57. The lowest BCUT2D eigenvalue weighted by Gasteiger charge is -2.05. The van der Waals surface area contributed by atoms with Crippen LogP contribution in [0.15, 0.2) is 18.2 Å². The maximum Gasteiger partial charge on any atom is 0.251 e. The molecule has 100 valence electrons. The summed E-state index contributed by atoms with van der Waals surface area (Å²) in [5, 5.41) is 11.2. The van der Waals surface area contributed by atoms with Crippen molar-refractivity contribution in [3.8, 4) is 0 Å². The molecule has 0 saturated carbocycles. The van der Waals surface area contributed by atoms with E-state index in [9.17, 15) is 9.18 Å². The summed E-state index contributed by atoms with van der Waals surface area (Å²) in [5.41, 5.74) is 0.349. The Morgan fingerprint density at radius 3 is 2.89 bits per heavy atom. The van der Waals surface area contributed by atoms with Gasteiger partial charge in [0.25, 0.3) is 5.91 Å². The van der Waals surface area contributed by atoms with Gasteiger partial charge in [-0.2, -0.15) is 11.8 Å². The highest BCUT2D eigenvalue weighted by atomic mass is 35.5. The summed E-state index contributed by atoms with van der Waals surface area (Å²) in [6.45, 7) is 0.720. The minimum Gasteiger partial charge on any atom is -0.396 e. The number of aliphatic hydroxyl groups is 1. The summed E-state index contributed by atoms with van der Waals surface area (Å²) in [5.74, 6) is 0.850. The zero-order valence-electron chi connectivity index (χ0n) is 9.79. The van der Waals surface area contributed by atoms with E-state index in [0.717, 1.165) is 17.9 Å². The van der Waals surface area contributed by atoms with Crippen molar-refractivity contribution in [3.63, 3.8) is 0 Å². The maximum atomic E-state index is 12.9. The average Bonchev–Trinajstić information content (AvgIpc) is 2.36. The Labute approximate surface area is 115 Å². The van der Waals surface area contributed by atoms with Gasteiger partial charge >= 0.3 is 0 Å². The molecule has 0 atom stereocenters. The predicted molar refractivity (Wildman–Crippen MR) is 72.8 cm³/mol. The Morgan fingerprint density at radius 1 is 1.44 bits per heavy atom. The second-order valence-electron chi connectivity index (χ2n) is 3.57. The number of nitrogens with one attached hydrogen (secondary N) is 1. The molecule has 0 aliphatic heterocycles. The van der Waals surface area contributed by atoms with E-state index in [-0.39, 0.29) is 17.5 Å². The molecule has 0 bridgehead atoms. The molecule has 3 nitrogen and oxygen atoms in total. The summed E-state index contributed by atoms with van der Waals surface area (Å²) in [4.78, 5) is 11.7. The molecule has 0 aromatic heterocycles. The Balaban J connectivity index is 2.30. The van der Waals surface area contributed by atoms with Crippen molar-refractivity contribution in [1.29, 1.82) is 0 Å². The number of carbonyl (C=O) groups excluding carboxylic acids is 1. The van der Waals surface area contributed by atoms with Gasteiger partial charge in [-0.25, -0.2) is 4.39 Å². The molecule has 0 saturated heterocycles. The largest absolute Gasteiger partial charge is 0.396 e. The molecule has 0 unspecified atom stereocenters. The van der Waals surface area contributed by atoms with Gasteiger partial charge in [-0.1, -0.05) is 11.6 Å². The summed E-state index contributed by atoms with van der Waals surface area (Å²) < 4.78 is 12.9. The third-order valence-corrected chi connectivity index (χ3v) is 3.52. The zero-order chi connectivity index (χ0) is 13.4. The molecule has 0 radical (unpaired) electrons. The third-order valence-electron chi connectivity index (χ3n) is 2.16. The van der Waals surface area contributed by atoms with Crippen LogP contribution in [-0.4, -0.2) is 35.7 Å². The van der Waals surface area contributed by atoms with Gasteiger partial charge in [-0.3, -0.25) is 4.79 Å². The summed E-state index contributed by atoms with van der Waals surface area (Å²) in [6, 6.07) is 3.88. The lowest BCUT2D eigenvalue weighted by atomic mass is 10.2. The number of rotatable bonds is 7. The fraction of sp³-hybridized carbons (Fsp3) is 0.417. The molecule has 0 spiro atoms. The fourth-order valence-electron chi connectivity index (χ4n) is 1.24. The Bertz CT molecular complexity index is 404. The van der Waals surface area contributed by atoms with Crippen LogP contribution in [0, 0.1) is 5.82 Å². The second kappa shape index (κ2) is 8.34. The number of carbonyl (C=O) groups is 1. The first kappa shape index (κ1) is 15.3. The Hall–Kier alpha value is -0.780. The van der Waals surface area contributed by atoms with Gasteiger partial charge in [0.15, 0.2) is 0 Å². The van der Waals surface area contributed by atoms with E-state index in [4.69, 9.17) is 16.7 Å². The molecule has 0 aliphatic rings. The predicted octanol–water partition coefficient (Wildman–Crippen LogP) is 2.32. The lowest BCUT2D eigenvalue weighted by Crippen LogP contribution is -2.25. The standard InChI is InChI=1S/C12H15ClFNO2S/c13-10-8-9(2-3-11(10)14)12(17)15-4-7-18-6-1-5-16/h2-3,8,16H,1,4-7H2,(H,15,17). The SMILES string of the molecule is O=C(NCCSCCCO)c1ccc(F)c(Cl)c1. The average molecular weight is 292 g/mol. The normalized spacial score (nSPS) is 10.4. The minimum atomic E-state index is -0.534. The Kier molecular flexibility index (Phi) is 7.08. The molecule has 0 heterocycles. The van der Waals surface area contributed by atoms with E-state index in [1.54, 1.807) is 11.8 Å². The van der Waals surface area contributed by atoms with E-state index in [2.05, 4.69) is 5.32 Å². The number of amides is 1. The highest BCUT2D eigenvalue weighted by molar-refractivity contribution is 7.99. The van der Waals surface area contributed by atoms with Crippen LogP contribution in [-0.2, 0) is 0 Å². The van der Waals surface area contributed by atoms with Crippen molar-refractivity contribution in [3.05, 3.63) is 34.6 Å². The van der Waals surface area contributed by atoms with Crippen molar-refractivity contribution in [2.45, 2.75) is 6.42 Å². The molecule has 1 rings (SSSR count). The molecule has 0 fully saturated rings. The van der Waals surface area contributed by atoms with Gasteiger partial charge in [0, 0.05) is 24.5 Å². The van der Waals surface area contributed by atoms with Crippen LogP contribution in [0.3, 0.4) is 0 Å². The van der Waals surface area contributed by atoms with E-state index in [1.807, 2.05) is 0 Å². The molecule has 1 amide bonds. The fourth-order valence-corrected chi connectivity index (χ4v) is 2.21. The first-order valence-corrected chi connectivity index (χ1v) is 7.10. The van der Waals surface area contributed by atoms with Gasteiger partial charge in [-0.15, -0.1) is 0 Å². The highest BCUT2D eigenvalue weighted by Gasteiger charge is 2.07. The quantitative estimate of drug-likeness (QED) is 0.758. The maximum absolute atomic E-state index is 12.9. The molecule has 18 heavy (non-hydrogen) atoms. The van der Waals surface area contributed by atoms with E-state index < -0.39 is 5.82 Å². The van der Waals surface area contributed by atoms with Gasteiger partial charge in [-0.05, 0) is 30.4 Å². The van der Waals surface area contributed by atoms with Gasteiger partial charge in [0.1, 0.15) is 5.82 Å². The minimum absolute atomic E-state index is 0.0556. The van der Waals surface area contributed by atoms with Crippen LogP contribution in [0.2, 0.25) is 5.02 Å². The van der Waals surface area contributed by atoms with E-state index in [0.29, 0.717) is 12.1 Å². The molecule has 2 N–H and O–H groups in total. The monoisotopic (exact) mass is 291 g/mol. The molecule has 1 aromatic carbocycles. The Morgan fingerprint density at radius 2 is 2.22 bits per heavy atom. The number of hydrogen-bond acceptors (Lipinski definition) is 3. The summed E-state index contributed by atoms with van der Waals surface area (Å²) >= 11 is 7.25. The number of benzene rings is 1. The number of hydrogen-bond donors (Lipinski definition) is 2. The van der Waals surface area contributed by atoms with Crippen molar-refractivity contribution in [2.75, 3.05) is 24.7 Å². The number of halogens is 2. The summed E-state index contributed by atoms with van der Waals surface area (Å²) in [7, 11) is 0. The highest BCUT2D eigenvalue weighted by Crippen LogP contribution is 2.15. The van der Waals surface area contributed by atoms with Crippen LogP contribution in [0.25, 0.3) is 0 Å². The smallest absolute Gasteiger partial charge is 0.251 e. The van der Waals surface area contributed by atoms with Crippen LogP contribution >= 0.6 is 23.4 Å². The zero-order valence-corrected chi connectivity index (χ0v) is 11.4. The molecule has 1 aromatic rings. The lowest BCUT2D eigenvalue weighted by molar-refractivity contribution is 0.0956. The second-order valence-corrected chi connectivity index (χ2v) is 5.21. The molecular weight excluding hydrogens is 277 g/mol. The van der Waals surface area contributed by atoms with E-state index >= 15 is 0 Å². The number of aliphatic hydroxyl groups excluding tert-OH is 1. The van der Waals surface area contributed by atoms with Crippen LogP contribution < -0.4 is 5.32 Å². The molecular formula is C12H15ClFNO2S. The van der Waals surface area contributed by atoms with Crippen molar-refractivity contribution < 1.29 is 14.3 Å². The summed E-state index contributed by atoms with van der Waals surface area (Å²) in [6.07, 6.45) is 0.756. The van der Waals surface area contributed by atoms with Gasteiger partial charge in [0.05, 0.1) is 5.02 Å². The van der Waals surface area contributed by atoms with Crippen molar-refractivity contribution >= 4 is 29.3 Å². The number of thioether (sulfide) groups is 1. The van der Waals surface area contributed by atoms with Crippen LogP contribution in [0.5, 0.6) is 0 Å². The van der Waals surface area contributed by atoms with Crippen molar-refractivity contribution in [2.24, 2.45) is 0 Å². The van der Waals surface area contributed by atoms with E-state index in [1.165, 1.54) is 18.2 Å². The van der Waals surface area contributed by atoms with Crippen molar-refractivity contribution in [1.82, 2.24) is 5.32 Å². The van der Waals surface area contributed by atoms with Crippen LogP contribution in [0.1, 0.15) is 16.8 Å². The molecule has 0 aliphatic carbocycles.